The normalized spacial score (nSPS) is 49.7. The second-order valence-corrected chi connectivity index (χ2v) is 9.35. The van der Waals surface area contributed by atoms with Crippen molar-refractivity contribution in [2.45, 2.75) is 71.0 Å². The monoisotopic (exact) mass is 359 g/mol. The lowest BCUT2D eigenvalue weighted by Gasteiger charge is -2.53. The number of carbonyl (C=O) groups is 2. The maximum absolute atomic E-state index is 13.0. The molecule has 0 spiro atoms. The van der Waals surface area contributed by atoms with Crippen LogP contribution in [0.25, 0.3) is 0 Å². The number of Topliss-reactive ketones (excluding diaryl/α,β-unsaturated/α-hetero) is 1. The Morgan fingerprint density at radius 1 is 1.23 bits per heavy atom. The first-order chi connectivity index (χ1) is 12.4. The Bertz CT molecular complexity index is 669. The smallest absolute Gasteiger partial charge is 0.309 e. The molecule has 3 aliphatic carbocycles. The Labute approximate surface area is 155 Å². The number of ether oxygens (including phenoxy) is 2. The summed E-state index contributed by atoms with van der Waals surface area (Å²) in [4.78, 5) is 25.4. The van der Waals surface area contributed by atoms with Gasteiger partial charge in [-0.2, -0.15) is 5.26 Å². The number of esters is 1. The average molecular weight is 359 g/mol. The highest BCUT2D eigenvalue weighted by Gasteiger charge is 2.63. The Morgan fingerprint density at radius 3 is 2.69 bits per heavy atom. The van der Waals surface area contributed by atoms with Crippen molar-refractivity contribution in [3.63, 3.8) is 0 Å². The van der Waals surface area contributed by atoms with E-state index in [2.05, 4.69) is 19.9 Å². The van der Waals surface area contributed by atoms with Crippen molar-refractivity contribution in [3.05, 3.63) is 0 Å². The van der Waals surface area contributed by atoms with E-state index in [1.807, 2.05) is 0 Å². The first-order valence-electron chi connectivity index (χ1n) is 10.0. The molecule has 1 saturated heterocycles. The summed E-state index contributed by atoms with van der Waals surface area (Å²) in [6, 6.07) is 2.39. The van der Waals surface area contributed by atoms with Gasteiger partial charge in [0.05, 0.1) is 25.2 Å². The minimum Gasteiger partial charge on any atom is -0.469 e. The van der Waals surface area contributed by atoms with E-state index in [0.29, 0.717) is 12.3 Å². The van der Waals surface area contributed by atoms with Gasteiger partial charge in [0.1, 0.15) is 6.10 Å². The highest BCUT2D eigenvalue weighted by molar-refractivity contribution is 5.92. The molecule has 4 aliphatic rings. The Kier molecular flexibility index (Phi) is 4.19. The van der Waals surface area contributed by atoms with Crippen LogP contribution < -0.4 is 0 Å². The third-order valence-corrected chi connectivity index (χ3v) is 8.42. The zero-order valence-corrected chi connectivity index (χ0v) is 16.0. The Hall–Kier alpha value is -1.41. The molecule has 0 N–H and O–H groups in total. The highest BCUT2D eigenvalue weighted by atomic mass is 16.6. The number of hydrogen-bond acceptors (Lipinski definition) is 5. The molecule has 0 radical (unpaired) electrons. The van der Waals surface area contributed by atoms with Crippen LogP contribution in [0.1, 0.15) is 58.8 Å². The summed E-state index contributed by atoms with van der Waals surface area (Å²) in [5, 5.41) is 9.52. The van der Waals surface area contributed by atoms with E-state index in [1.165, 1.54) is 7.11 Å². The van der Waals surface area contributed by atoms with Crippen LogP contribution >= 0.6 is 0 Å². The summed E-state index contributed by atoms with van der Waals surface area (Å²) in [5.74, 6) is 0.774. The van der Waals surface area contributed by atoms with Crippen molar-refractivity contribution in [1.82, 2.24) is 0 Å². The predicted molar refractivity (Wildman–Crippen MR) is 93.8 cm³/mol. The molecule has 1 heterocycles. The zero-order chi connectivity index (χ0) is 18.7. The summed E-state index contributed by atoms with van der Waals surface area (Å²) < 4.78 is 10.6. The van der Waals surface area contributed by atoms with Crippen LogP contribution in [0.4, 0.5) is 0 Å². The maximum atomic E-state index is 13.0. The number of hydrogen-bond donors (Lipinski definition) is 0. The predicted octanol–water partition coefficient (Wildman–Crippen LogP) is 3.27. The number of rotatable bonds is 3. The maximum Gasteiger partial charge on any atom is 0.309 e. The van der Waals surface area contributed by atoms with E-state index in [4.69, 9.17) is 9.47 Å². The van der Waals surface area contributed by atoms with Gasteiger partial charge in [-0.05, 0) is 61.7 Å². The van der Waals surface area contributed by atoms with E-state index < -0.39 is 0 Å². The minimum absolute atomic E-state index is 0.0781. The molecule has 1 aliphatic heterocycles. The lowest BCUT2D eigenvalue weighted by Crippen LogP contribution is -2.52. The van der Waals surface area contributed by atoms with E-state index >= 15 is 0 Å². The van der Waals surface area contributed by atoms with Gasteiger partial charge in [-0.3, -0.25) is 9.59 Å². The number of epoxide rings is 1. The molecule has 4 fully saturated rings. The van der Waals surface area contributed by atoms with Gasteiger partial charge in [0, 0.05) is 11.8 Å². The molecule has 3 saturated carbocycles. The molecule has 5 nitrogen and oxygen atoms in total. The fourth-order valence-corrected chi connectivity index (χ4v) is 6.85. The van der Waals surface area contributed by atoms with Gasteiger partial charge in [0.25, 0.3) is 0 Å². The third kappa shape index (κ3) is 2.37. The largest absolute Gasteiger partial charge is 0.469 e. The van der Waals surface area contributed by atoms with Crippen LogP contribution in [0.3, 0.4) is 0 Å². The average Bonchev–Trinajstić information content (AvgIpc) is 3.33. The van der Waals surface area contributed by atoms with E-state index in [-0.39, 0.29) is 52.5 Å². The molecule has 0 aromatic heterocycles. The van der Waals surface area contributed by atoms with Crippen molar-refractivity contribution in [2.75, 3.05) is 7.11 Å². The minimum atomic E-state index is -0.385. The van der Waals surface area contributed by atoms with Crippen molar-refractivity contribution in [3.8, 4) is 6.07 Å². The summed E-state index contributed by atoms with van der Waals surface area (Å²) in [7, 11) is 1.46. The lowest BCUT2D eigenvalue weighted by molar-refractivity contribution is -0.154. The number of nitrogens with zero attached hydrogens (tertiary/aromatic N) is 1. The van der Waals surface area contributed by atoms with E-state index in [1.54, 1.807) is 0 Å². The first-order valence-corrected chi connectivity index (χ1v) is 10.0. The first kappa shape index (κ1) is 18.0. The molecule has 0 aromatic rings. The quantitative estimate of drug-likeness (QED) is 0.571. The molecule has 26 heavy (non-hydrogen) atoms. The second kappa shape index (κ2) is 6.05. The molecule has 4 rings (SSSR count). The Morgan fingerprint density at radius 2 is 2.00 bits per heavy atom. The van der Waals surface area contributed by atoms with Crippen LogP contribution in [0.2, 0.25) is 0 Å². The van der Waals surface area contributed by atoms with Crippen molar-refractivity contribution in [2.24, 2.45) is 34.5 Å². The number of fused-ring (bicyclic) bond motifs is 2. The molecule has 0 unspecified atom stereocenters. The summed E-state index contributed by atoms with van der Waals surface area (Å²) >= 11 is 0. The molecule has 0 bridgehead atoms. The van der Waals surface area contributed by atoms with E-state index in [9.17, 15) is 14.9 Å². The second-order valence-electron chi connectivity index (χ2n) is 9.35. The number of carbonyl (C=O) groups excluding carboxylic acids is 2. The van der Waals surface area contributed by atoms with Crippen molar-refractivity contribution < 1.29 is 19.1 Å². The van der Waals surface area contributed by atoms with Crippen LogP contribution in [-0.2, 0) is 19.1 Å². The van der Waals surface area contributed by atoms with Gasteiger partial charge in [-0.15, -0.1) is 0 Å². The molecule has 142 valence electrons. The van der Waals surface area contributed by atoms with Gasteiger partial charge in [-0.25, -0.2) is 0 Å². The van der Waals surface area contributed by atoms with Gasteiger partial charge in [-0.1, -0.05) is 13.8 Å². The molecule has 0 amide bonds. The summed E-state index contributed by atoms with van der Waals surface area (Å²) in [5.41, 5.74) is -0.498. The van der Waals surface area contributed by atoms with Crippen molar-refractivity contribution in [1.29, 1.82) is 5.26 Å². The number of methoxy groups -OCH3 is 1. The summed E-state index contributed by atoms with van der Waals surface area (Å²) in [6.07, 6.45) is 5.86. The standard InChI is InChI=1S/C21H29NO4/c1-20-9-6-14(21(2)10-7-16-17(26-16)18(21)23)12(8-11-22)13(20)4-5-15(20)19(24)25-3/h12-17H,4-10H2,1-3H3/t12-,13-,14-,15+,16+,17+,20-,21+/m0/s1. The fourth-order valence-electron chi connectivity index (χ4n) is 6.85. The number of ketones is 1. The highest BCUT2D eigenvalue weighted by Crippen LogP contribution is 2.64. The Balaban J connectivity index is 1.64. The number of nitriles is 1. The van der Waals surface area contributed by atoms with Crippen LogP contribution in [-0.4, -0.2) is 31.1 Å². The van der Waals surface area contributed by atoms with Gasteiger partial charge in [0.2, 0.25) is 0 Å². The molecule has 5 heteroatoms. The third-order valence-electron chi connectivity index (χ3n) is 8.42. The topological polar surface area (TPSA) is 79.7 Å². The molecular weight excluding hydrogens is 330 g/mol. The van der Waals surface area contributed by atoms with Gasteiger partial charge >= 0.3 is 5.97 Å². The fraction of sp³-hybridized carbons (Fsp3) is 0.857. The summed E-state index contributed by atoms with van der Waals surface area (Å²) in [6.45, 7) is 4.32. The van der Waals surface area contributed by atoms with Gasteiger partial charge in [0.15, 0.2) is 5.78 Å². The zero-order valence-electron chi connectivity index (χ0n) is 16.0. The van der Waals surface area contributed by atoms with Crippen molar-refractivity contribution >= 4 is 11.8 Å². The van der Waals surface area contributed by atoms with Crippen LogP contribution in [0, 0.1) is 45.8 Å². The van der Waals surface area contributed by atoms with Gasteiger partial charge < -0.3 is 9.47 Å². The molecule has 8 atom stereocenters. The molecule has 0 aromatic carbocycles. The lowest BCUT2D eigenvalue weighted by atomic mass is 9.50. The van der Waals surface area contributed by atoms with Crippen LogP contribution in [0.5, 0.6) is 0 Å². The van der Waals surface area contributed by atoms with E-state index in [0.717, 1.165) is 38.5 Å². The van der Waals surface area contributed by atoms with Crippen LogP contribution in [0.15, 0.2) is 0 Å². The molecular formula is C21H29NO4. The SMILES string of the molecule is COC(=O)[C@H]1CC[C@H]2[C@H](CC#N)[C@@H]([C@@]3(C)CC[C@H]4O[C@H]4C3=O)CC[C@]12C.